The number of ether oxygens (including phenoxy) is 3. The second-order valence-electron chi connectivity index (χ2n) is 7.99. The fourth-order valence-electron chi connectivity index (χ4n) is 3.93. The molecule has 2 heterocycles. The van der Waals surface area contributed by atoms with Gasteiger partial charge in [-0.3, -0.25) is 4.79 Å². The minimum Gasteiger partial charge on any atom is -0.495 e. The number of benzene rings is 2. The topological polar surface area (TPSA) is 85.8 Å². The Balaban J connectivity index is 1.43. The highest BCUT2D eigenvalue weighted by Crippen LogP contribution is 2.37. The van der Waals surface area contributed by atoms with Crippen LogP contribution in [-0.4, -0.2) is 43.2 Å². The molecule has 0 atom stereocenters. The fourth-order valence-corrected chi connectivity index (χ4v) is 4.16. The van der Waals surface area contributed by atoms with Crippen LogP contribution < -0.4 is 24.4 Å². The van der Waals surface area contributed by atoms with E-state index in [1.807, 2.05) is 31.2 Å². The van der Waals surface area contributed by atoms with Crippen molar-refractivity contribution in [3.8, 4) is 23.1 Å². The molecule has 0 spiro atoms. The van der Waals surface area contributed by atoms with Gasteiger partial charge in [0.1, 0.15) is 17.2 Å². The Morgan fingerprint density at radius 1 is 1.03 bits per heavy atom. The lowest BCUT2D eigenvalue weighted by atomic mass is 9.95. The number of hydrogen-bond donors (Lipinski definition) is 1. The maximum Gasteiger partial charge on any atom is 0.263 e. The molecule has 1 aliphatic heterocycles. The number of carbonyl (C=O) groups is 1. The van der Waals surface area contributed by atoms with E-state index in [4.69, 9.17) is 25.8 Å². The van der Waals surface area contributed by atoms with Crippen LogP contribution >= 0.6 is 11.6 Å². The van der Waals surface area contributed by atoms with Gasteiger partial charge in [0.25, 0.3) is 5.88 Å². The van der Waals surface area contributed by atoms with Gasteiger partial charge in [-0.05, 0) is 31.4 Å². The zero-order chi connectivity index (χ0) is 24.1. The number of aromatic nitrogens is 2. The summed E-state index contributed by atoms with van der Waals surface area (Å²) in [5.41, 5.74) is 1.54. The molecule has 1 N–H and O–H groups in total. The third kappa shape index (κ3) is 5.17. The molecule has 0 unspecified atom stereocenters. The maximum absolute atomic E-state index is 13.0. The number of hydrogen-bond acceptors (Lipinski definition) is 7. The molecule has 1 aliphatic rings. The summed E-state index contributed by atoms with van der Waals surface area (Å²) in [5, 5.41) is 3.38. The van der Waals surface area contributed by atoms with Gasteiger partial charge in [0.2, 0.25) is 5.91 Å². The van der Waals surface area contributed by atoms with E-state index in [0.717, 1.165) is 11.3 Å². The van der Waals surface area contributed by atoms with E-state index in [1.54, 1.807) is 24.5 Å². The van der Waals surface area contributed by atoms with Crippen molar-refractivity contribution in [3.05, 3.63) is 59.4 Å². The zero-order valence-electron chi connectivity index (χ0n) is 19.4. The number of anilines is 2. The molecule has 0 saturated carbocycles. The van der Waals surface area contributed by atoms with Crippen LogP contribution in [0.1, 0.15) is 18.4 Å². The summed E-state index contributed by atoms with van der Waals surface area (Å²) in [7, 11) is 3.06. The van der Waals surface area contributed by atoms with Gasteiger partial charge < -0.3 is 24.4 Å². The van der Waals surface area contributed by atoms with Crippen molar-refractivity contribution in [3.63, 3.8) is 0 Å². The van der Waals surface area contributed by atoms with E-state index >= 15 is 0 Å². The van der Waals surface area contributed by atoms with Crippen LogP contribution in [0.25, 0.3) is 0 Å². The van der Waals surface area contributed by atoms with Gasteiger partial charge in [-0.25, -0.2) is 9.97 Å². The molecule has 4 rings (SSSR count). The Bertz CT molecular complexity index is 1170. The molecule has 0 aliphatic carbocycles. The first-order chi connectivity index (χ1) is 16.5. The Morgan fingerprint density at radius 2 is 1.74 bits per heavy atom. The van der Waals surface area contributed by atoms with E-state index in [0.29, 0.717) is 59.8 Å². The Morgan fingerprint density at radius 3 is 2.44 bits per heavy atom. The Hall–Kier alpha value is -3.52. The van der Waals surface area contributed by atoms with Crippen LogP contribution in [0.5, 0.6) is 23.1 Å². The lowest BCUT2D eigenvalue weighted by molar-refractivity contribution is -0.120. The molecule has 8 nitrogen and oxygen atoms in total. The summed E-state index contributed by atoms with van der Waals surface area (Å²) in [4.78, 5) is 24.0. The number of nitrogens with one attached hydrogen (secondary N) is 1. The first-order valence-corrected chi connectivity index (χ1v) is 11.4. The van der Waals surface area contributed by atoms with E-state index in [1.165, 1.54) is 14.2 Å². The van der Waals surface area contributed by atoms with Crippen molar-refractivity contribution < 1.29 is 19.0 Å². The normalized spacial score (nSPS) is 13.9. The monoisotopic (exact) mass is 482 g/mol. The van der Waals surface area contributed by atoms with Crippen LogP contribution in [0, 0.1) is 12.8 Å². The number of aryl methyl sites for hydroxylation is 1. The van der Waals surface area contributed by atoms with Gasteiger partial charge >= 0.3 is 0 Å². The van der Waals surface area contributed by atoms with Crippen LogP contribution in [0.15, 0.2) is 48.8 Å². The summed E-state index contributed by atoms with van der Waals surface area (Å²) in [6.45, 7) is 3.30. The molecule has 2 aromatic carbocycles. The summed E-state index contributed by atoms with van der Waals surface area (Å²) in [5.74, 6) is 2.60. The van der Waals surface area contributed by atoms with Crippen LogP contribution in [0.3, 0.4) is 0 Å². The Labute approximate surface area is 203 Å². The summed E-state index contributed by atoms with van der Waals surface area (Å²) < 4.78 is 16.7. The number of carbonyl (C=O) groups excluding carboxylic acids is 1. The largest absolute Gasteiger partial charge is 0.495 e. The average molecular weight is 483 g/mol. The lowest BCUT2D eigenvalue weighted by Crippen LogP contribution is -2.38. The molecule has 0 radical (unpaired) electrons. The van der Waals surface area contributed by atoms with Gasteiger partial charge in [-0.2, -0.15) is 0 Å². The van der Waals surface area contributed by atoms with Gasteiger partial charge in [-0.15, -0.1) is 0 Å². The number of para-hydroxylation sites is 1. The smallest absolute Gasteiger partial charge is 0.263 e. The maximum atomic E-state index is 13.0. The van der Waals surface area contributed by atoms with Crippen LogP contribution in [0.2, 0.25) is 5.02 Å². The molecule has 3 aromatic rings. The zero-order valence-corrected chi connectivity index (χ0v) is 20.1. The SMILES string of the molecule is COc1cc(NC(=O)C2CCN(c3nccnc3Oc3ccccc3C)CC2)c(OC)cc1Cl. The molecular weight excluding hydrogens is 456 g/mol. The predicted molar refractivity (Wildman–Crippen MR) is 131 cm³/mol. The lowest BCUT2D eigenvalue weighted by Gasteiger charge is -2.32. The molecule has 0 bridgehead atoms. The molecular formula is C25H27ClN4O4. The van der Waals surface area contributed by atoms with Crippen molar-refractivity contribution in [2.24, 2.45) is 5.92 Å². The predicted octanol–water partition coefficient (Wildman–Crippen LogP) is 5.10. The molecule has 1 amide bonds. The van der Waals surface area contributed by atoms with Gasteiger partial charge in [0, 0.05) is 43.5 Å². The van der Waals surface area contributed by atoms with Crippen LogP contribution in [-0.2, 0) is 4.79 Å². The quantitative estimate of drug-likeness (QED) is 0.501. The van der Waals surface area contributed by atoms with Crippen molar-refractivity contribution >= 4 is 29.0 Å². The van der Waals surface area contributed by atoms with Crippen molar-refractivity contribution in [1.29, 1.82) is 0 Å². The van der Waals surface area contributed by atoms with Gasteiger partial charge in [0.05, 0.1) is 24.9 Å². The summed E-state index contributed by atoms with van der Waals surface area (Å²) >= 11 is 6.17. The average Bonchev–Trinajstić information content (AvgIpc) is 2.86. The third-order valence-electron chi connectivity index (χ3n) is 5.84. The highest BCUT2D eigenvalue weighted by Gasteiger charge is 2.28. The fraction of sp³-hybridized carbons (Fsp3) is 0.320. The molecule has 9 heteroatoms. The van der Waals surface area contributed by atoms with E-state index in [9.17, 15) is 4.79 Å². The first-order valence-electron chi connectivity index (χ1n) is 11.0. The van der Waals surface area contributed by atoms with Crippen molar-refractivity contribution in [2.75, 3.05) is 37.5 Å². The molecule has 1 saturated heterocycles. The minimum atomic E-state index is -0.153. The Kier molecular flexibility index (Phi) is 7.37. The molecule has 34 heavy (non-hydrogen) atoms. The van der Waals surface area contributed by atoms with E-state index in [2.05, 4.69) is 20.2 Å². The second kappa shape index (κ2) is 10.6. The standard InChI is InChI=1S/C25H27ClN4O4/c1-16-6-4-5-7-20(16)34-25-23(27-10-11-28-25)30-12-8-17(9-13-30)24(31)29-19-15-21(32-2)18(26)14-22(19)33-3/h4-7,10-11,14-15,17H,8-9,12-13H2,1-3H3,(H,29,31). The minimum absolute atomic E-state index is 0.0714. The molecule has 178 valence electrons. The first kappa shape index (κ1) is 23.6. The number of methoxy groups -OCH3 is 2. The highest BCUT2D eigenvalue weighted by atomic mass is 35.5. The number of rotatable bonds is 7. The summed E-state index contributed by atoms with van der Waals surface area (Å²) in [6.07, 6.45) is 4.60. The third-order valence-corrected chi connectivity index (χ3v) is 6.14. The number of piperidine rings is 1. The number of halogens is 1. The molecule has 1 fully saturated rings. The summed E-state index contributed by atoms with van der Waals surface area (Å²) in [6, 6.07) is 11.1. The molecule has 1 aromatic heterocycles. The van der Waals surface area contributed by atoms with E-state index in [-0.39, 0.29) is 11.8 Å². The second-order valence-corrected chi connectivity index (χ2v) is 8.40. The van der Waals surface area contributed by atoms with Crippen molar-refractivity contribution in [2.45, 2.75) is 19.8 Å². The van der Waals surface area contributed by atoms with E-state index < -0.39 is 0 Å². The van der Waals surface area contributed by atoms with Gasteiger partial charge in [0.15, 0.2) is 5.82 Å². The number of amides is 1. The van der Waals surface area contributed by atoms with Gasteiger partial charge in [-0.1, -0.05) is 29.8 Å². The van der Waals surface area contributed by atoms with Crippen LogP contribution in [0.4, 0.5) is 11.5 Å². The number of nitrogens with zero attached hydrogens (tertiary/aromatic N) is 3. The highest BCUT2D eigenvalue weighted by molar-refractivity contribution is 6.32. The van der Waals surface area contributed by atoms with Crippen molar-refractivity contribution in [1.82, 2.24) is 9.97 Å².